The van der Waals surface area contributed by atoms with Crippen LogP contribution in [0.2, 0.25) is 0 Å². The van der Waals surface area contributed by atoms with Gasteiger partial charge in [0.1, 0.15) is 29.6 Å². The van der Waals surface area contributed by atoms with Crippen LogP contribution in [0.1, 0.15) is 29.0 Å². The first-order chi connectivity index (χ1) is 17.5. The third-order valence-corrected chi connectivity index (χ3v) is 5.76. The first-order valence-corrected chi connectivity index (χ1v) is 11.8. The van der Waals surface area contributed by atoms with Crippen LogP contribution in [0.25, 0.3) is 11.5 Å². The molecule has 4 aromatic rings. The number of hydrogen-bond donors (Lipinski definition) is 1. The van der Waals surface area contributed by atoms with Crippen molar-refractivity contribution in [3.8, 4) is 28.7 Å². The molecule has 1 N–H and O–H groups in total. The van der Waals surface area contributed by atoms with E-state index in [-0.39, 0.29) is 6.42 Å². The zero-order valence-corrected chi connectivity index (χ0v) is 20.4. The number of nitrogens with zero attached hydrogens (tertiary/aromatic N) is 1. The first-order valence-electron chi connectivity index (χ1n) is 11.8. The Kier molecular flexibility index (Phi) is 8.24. The third kappa shape index (κ3) is 6.66. The van der Waals surface area contributed by atoms with E-state index < -0.39 is 5.97 Å². The minimum Gasteiger partial charge on any atom is -0.497 e. The van der Waals surface area contributed by atoms with Crippen molar-refractivity contribution in [2.45, 2.75) is 32.8 Å². The van der Waals surface area contributed by atoms with Gasteiger partial charge in [-0.1, -0.05) is 24.3 Å². The molecule has 0 amide bonds. The Morgan fingerprint density at radius 1 is 0.889 bits per heavy atom. The van der Waals surface area contributed by atoms with Gasteiger partial charge in [-0.2, -0.15) is 0 Å². The highest BCUT2D eigenvalue weighted by molar-refractivity contribution is 5.67. The second-order valence-electron chi connectivity index (χ2n) is 8.27. The molecule has 0 bridgehead atoms. The molecule has 0 fully saturated rings. The summed E-state index contributed by atoms with van der Waals surface area (Å²) in [5.41, 5.74) is 3.59. The second kappa shape index (κ2) is 11.9. The Bertz CT molecular complexity index is 1280. The Balaban J connectivity index is 1.41. The molecule has 0 radical (unpaired) electrons. The number of carbonyl (C=O) groups is 1. The quantitative estimate of drug-likeness (QED) is 0.267. The van der Waals surface area contributed by atoms with E-state index >= 15 is 0 Å². The van der Waals surface area contributed by atoms with E-state index in [2.05, 4.69) is 4.98 Å². The lowest BCUT2D eigenvalue weighted by Gasteiger charge is -2.14. The van der Waals surface area contributed by atoms with Crippen LogP contribution in [-0.4, -0.2) is 29.8 Å². The van der Waals surface area contributed by atoms with Crippen molar-refractivity contribution in [2.75, 3.05) is 13.7 Å². The lowest BCUT2D eigenvalue weighted by atomic mass is 10.0. The summed E-state index contributed by atoms with van der Waals surface area (Å²) in [6.07, 6.45) is 1.06. The SMILES string of the molecule is COc1ccc(OCc2cc(OCCc3nc(-c4ccccc4)oc3C)ccc2CCC(=O)O)cc1. The molecule has 186 valence electrons. The van der Waals surface area contributed by atoms with Crippen molar-refractivity contribution < 1.29 is 28.5 Å². The fraction of sp³-hybridized carbons (Fsp3) is 0.241. The number of carboxylic acids is 1. The van der Waals surface area contributed by atoms with Gasteiger partial charge in [-0.25, -0.2) is 4.98 Å². The van der Waals surface area contributed by atoms with Crippen molar-refractivity contribution in [1.82, 2.24) is 4.98 Å². The van der Waals surface area contributed by atoms with E-state index in [4.69, 9.17) is 23.7 Å². The molecule has 3 aromatic carbocycles. The van der Waals surface area contributed by atoms with E-state index in [0.717, 1.165) is 33.9 Å². The highest BCUT2D eigenvalue weighted by atomic mass is 16.5. The van der Waals surface area contributed by atoms with Crippen LogP contribution in [0.4, 0.5) is 0 Å². The first kappa shape index (κ1) is 24.9. The standard InChI is InChI=1S/C29H29NO6/c1-20-27(30-29(36-20)22-6-4-3-5-7-22)16-17-34-26-10-8-21(9-15-28(31)32)23(18-26)19-35-25-13-11-24(33-2)12-14-25/h3-8,10-14,18H,9,15-17,19H2,1-2H3,(H,31,32). The highest BCUT2D eigenvalue weighted by Crippen LogP contribution is 2.25. The molecule has 0 saturated heterocycles. The smallest absolute Gasteiger partial charge is 0.303 e. The molecule has 7 heteroatoms. The summed E-state index contributed by atoms with van der Waals surface area (Å²) in [5, 5.41) is 9.12. The van der Waals surface area contributed by atoms with Crippen LogP contribution < -0.4 is 14.2 Å². The van der Waals surface area contributed by atoms with Gasteiger partial charge in [0.25, 0.3) is 0 Å². The number of oxazole rings is 1. The van der Waals surface area contributed by atoms with Gasteiger partial charge in [0, 0.05) is 18.4 Å². The van der Waals surface area contributed by atoms with Crippen LogP contribution in [0.15, 0.2) is 77.2 Å². The van der Waals surface area contributed by atoms with Crippen molar-refractivity contribution >= 4 is 5.97 Å². The molecule has 0 aliphatic carbocycles. The van der Waals surface area contributed by atoms with Gasteiger partial charge in [-0.15, -0.1) is 0 Å². The predicted octanol–water partition coefficient (Wildman–Crippen LogP) is 5.88. The third-order valence-electron chi connectivity index (χ3n) is 5.76. The number of methoxy groups -OCH3 is 1. The average Bonchev–Trinajstić information content (AvgIpc) is 3.27. The molecule has 1 aromatic heterocycles. The maximum absolute atomic E-state index is 11.1. The van der Waals surface area contributed by atoms with E-state index in [9.17, 15) is 4.79 Å². The van der Waals surface area contributed by atoms with E-state index in [1.165, 1.54) is 0 Å². The predicted molar refractivity (Wildman–Crippen MR) is 136 cm³/mol. The molecule has 0 atom stereocenters. The van der Waals surface area contributed by atoms with Crippen molar-refractivity contribution in [3.63, 3.8) is 0 Å². The van der Waals surface area contributed by atoms with Crippen LogP contribution >= 0.6 is 0 Å². The zero-order valence-electron chi connectivity index (χ0n) is 20.4. The second-order valence-corrected chi connectivity index (χ2v) is 8.27. The highest BCUT2D eigenvalue weighted by Gasteiger charge is 2.12. The Morgan fingerprint density at radius 3 is 2.33 bits per heavy atom. The number of rotatable bonds is 12. The van der Waals surface area contributed by atoms with Crippen LogP contribution in [0.3, 0.4) is 0 Å². The van der Waals surface area contributed by atoms with Crippen LogP contribution in [-0.2, 0) is 24.2 Å². The van der Waals surface area contributed by atoms with Gasteiger partial charge >= 0.3 is 5.97 Å². The fourth-order valence-electron chi connectivity index (χ4n) is 3.77. The number of aliphatic carboxylic acids is 1. The molecule has 0 unspecified atom stereocenters. The van der Waals surface area contributed by atoms with E-state index in [1.807, 2.05) is 79.7 Å². The number of ether oxygens (including phenoxy) is 3. The van der Waals surface area contributed by atoms with Crippen LogP contribution in [0.5, 0.6) is 17.2 Å². The van der Waals surface area contributed by atoms with Gasteiger partial charge in [0.2, 0.25) is 5.89 Å². The number of carboxylic acid groups (broad SMARTS) is 1. The monoisotopic (exact) mass is 487 g/mol. The van der Waals surface area contributed by atoms with Crippen molar-refractivity contribution in [3.05, 3.63) is 95.4 Å². The van der Waals surface area contributed by atoms with Gasteiger partial charge in [-0.3, -0.25) is 4.79 Å². The summed E-state index contributed by atoms with van der Waals surface area (Å²) in [5.74, 6) is 2.67. The number of aromatic nitrogens is 1. The lowest BCUT2D eigenvalue weighted by molar-refractivity contribution is -0.136. The fourth-order valence-corrected chi connectivity index (χ4v) is 3.77. The molecule has 0 aliphatic heterocycles. The summed E-state index contributed by atoms with van der Waals surface area (Å²) in [7, 11) is 1.61. The van der Waals surface area contributed by atoms with E-state index in [1.54, 1.807) is 7.11 Å². The lowest BCUT2D eigenvalue weighted by Crippen LogP contribution is -2.06. The minimum absolute atomic E-state index is 0.0466. The maximum atomic E-state index is 11.1. The number of benzene rings is 3. The molecule has 1 heterocycles. The molecule has 0 spiro atoms. The molecular formula is C29H29NO6. The topological polar surface area (TPSA) is 91.0 Å². The molecule has 7 nitrogen and oxygen atoms in total. The summed E-state index contributed by atoms with van der Waals surface area (Å²) in [6, 6.07) is 22.8. The molecule has 4 rings (SSSR count). The van der Waals surface area contributed by atoms with Gasteiger partial charge in [0.05, 0.1) is 19.4 Å². The zero-order chi connectivity index (χ0) is 25.3. The molecule has 0 saturated carbocycles. The number of aryl methyl sites for hydroxylation is 2. The van der Waals surface area contributed by atoms with Crippen molar-refractivity contribution in [2.24, 2.45) is 0 Å². The summed E-state index contributed by atoms with van der Waals surface area (Å²) in [6.45, 7) is 2.62. The normalized spacial score (nSPS) is 10.7. The number of hydrogen-bond acceptors (Lipinski definition) is 6. The molecule has 36 heavy (non-hydrogen) atoms. The Hall–Kier alpha value is -4.26. The summed E-state index contributed by atoms with van der Waals surface area (Å²) in [4.78, 5) is 15.7. The Labute approximate surface area is 210 Å². The molecular weight excluding hydrogens is 458 g/mol. The van der Waals surface area contributed by atoms with Crippen LogP contribution in [0, 0.1) is 6.92 Å². The minimum atomic E-state index is -0.838. The average molecular weight is 488 g/mol. The largest absolute Gasteiger partial charge is 0.497 e. The van der Waals surface area contributed by atoms with E-state index in [0.29, 0.717) is 43.4 Å². The van der Waals surface area contributed by atoms with Gasteiger partial charge < -0.3 is 23.7 Å². The van der Waals surface area contributed by atoms with Gasteiger partial charge in [-0.05, 0) is 73.0 Å². The summed E-state index contributed by atoms with van der Waals surface area (Å²) >= 11 is 0. The van der Waals surface area contributed by atoms with Crippen molar-refractivity contribution in [1.29, 1.82) is 0 Å². The maximum Gasteiger partial charge on any atom is 0.303 e. The summed E-state index contributed by atoms with van der Waals surface area (Å²) < 4.78 is 23.0. The molecule has 0 aliphatic rings. The Morgan fingerprint density at radius 2 is 1.61 bits per heavy atom. The van der Waals surface area contributed by atoms with Gasteiger partial charge in [0.15, 0.2) is 0 Å².